The number of ether oxygens (including phenoxy) is 1. The Morgan fingerprint density at radius 1 is 1.12 bits per heavy atom. The van der Waals surface area contributed by atoms with E-state index in [1.54, 1.807) is 0 Å². The number of esters is 1. The van der Waals surface area contributed by atoms with Gasteiger partial charge < -0.3 is 14.4 Å². The van der Waals surface area contributed by atoms with Crippen molar-refractivity contribution in [2.24, 2.45) is 0 Å². The topological polar surface area (TPSA) is 64.3 Å². The minimum atomic E-state index is -0.598. The Kier molecular flexibility index (Phi) is 4.24. The lowest BCUT2D eigenvalue weighted by atomic mass is 10.0. The standard InChI is InChI=1S/C20H20N2O3/c23-15-12-16(25-19(24)13-15)10-11-22-18-9-5-4-8-17(18)21-20(22)14-6-2-1-3-7-14/h1-9,15-16,23H,10-13H2/t15-,16-/m1/s1. The second-order valence-electron chi connectivity index (χ2n) is 6.44. The predicted octanol–water partition coefficient (Wildman–Crippen LogP) is 3.16. The van der Waals surface area contributed by atoms with E-state index in [9.17, 15) is 9.90 Å². The summed E-state index contributed by atoms with van der Waals surface area (Å²) >= 11 is 0. The summed E-state index contributed by atoms with van der Waals surface area (Å²) < 4.78 is 7.55. The molecule has 0 bridgehead atoms. The molecule has 2 aromatic carbocycles. The van der Waals surface area contributed by atoms with Gasteiger partial charge in [-0.2, -0.15) is 0 Å². The number of hydrogen-bond donors (Lipinski definition) is 1. The smallest absolute Gasteiger partial charge is 0.308 e. The Hall–Kier alpha value is -2.66. The molecule has 0 radical (unpaired) electrons. The molecule has 1 aliphatic rings. The van der Waals surface area contributed by atoms with Gasteiger partial charge in [-0.1, -0.05) is 42.5 Å². The van der Waals surface area contributed by atoms with E-state index in [0.717, 1.165) is 22.4 Å². The first-order valence-electron chi connectivity index (χ1n) is 8.59. The summed E-state index contributed by atoms with van der Waals surface area (Å²) in [6, 6.07) is 18.1. The zero-order valence-electron chi connectivity index (χ0n) is 13.8. The van der Waals surface area contributed by atoms with Crippen LogP contribution in [0.4, 0.5) is 0 Å². The molecule has 0 amide bonds. The van der Waals surface area contributed by atoms with Crippen LogP contribution in [-0.4, -0.2) is 32.8 Å². The Balaban J connectivity index is 1.65. The second-order valence-corrected chi connectivity index (χ2v) is 6.44. The molecule has 0 spiro atoms. The van der Waals surface area contributed by atoms with Crippen LogP contribution in [0.25, 0.3) is 22.4 Å². The minimum Gasteiger partial charge on any atom is -0.462 e. The Bertz CT molecular complexity index is 888. The first-order chi connectivity index (χ1) is 12.2. The third kappa shape index (κ3) is 3.28. The first kappa shape index (κ1) is 15.8. The van der Waals surface area contributed by atoms with Crippen LogP contribution in [0.1, 0.15) is 19.3 Å². The third-order valence-electron chi connectivity index (χ3n) is 4.60. The number of benzene rings is 2. The largest absolute Gasteiger partial charge is 0.462 e. The van der Waals surface area contributed by atoms with Gasteiger partial charge in [0.25, 0.3) is 0 Å². The van der Waals surface area contributed by atoms with Crippen molar-refractivity contribution in [1.29, 1.82) is 0 Å². The van der Waals surface area contributed by atoms with Crippen LogP contribution in [-0.2, 0) is 16.1 Å². The number of carbonyl (C=O) groups excluding carboxylic acids is 1. The summed E-state index contributed by atoms with van der Waals surface area (Å²) in [6.45, 7) is 0.676. The molecule has 2 atom stereocenters. The van der Waals surface area contributed by atoms with Crippen molar-refractivity contribution in [1.82, 2.24) is 9.55 Å². The molecule has 0 aliphatic carbocycles. The van der Waals surface area contributed by atoms with E-state index in [1.165, 1.54) is 0 Å². The lowest BCUT2D eigenvalue weighted by Gasteiger charge is -2.26. The van der Waals surface area contributed by atoms with E-state index >= 15 is 0 Å². The van der Waals surface area contributed by atoms with Crippen LogP contribution in [0.5, 0.6) is 0 Å². The molecule has 5 heteroatoms. The number of hydrogen-bond acceptors (Lipinski definition) is 4. The van der Waals surface area contributed by atoms with E-state index in [2.05, 4.69) is 10.6 Å². The van der Waals surface area contributed by atoms with E-state index in [-0.39, 0.29) is 18.5 Å². The van der Waals surface area contributed by atoms with E-state index in [1.807, 2.05) is 48.5 Å². The molecular formula is C20H20N2O3. The maximum absolute atomic E-state index is 11.5. The van der Waals surface area contributed by atoms with Crippen molar-refractivity contribution in [3.63, 3.8) is 0 Å². The van der Waals surface area contributed by atoms with Gasteiger partial charge in [-0.15, -0.1) is 0 Å². The van der Waals surface area contributed by atoms with E-state index in [0.29, 0.717) is 19.4 Å². The van der Waals surface area contributed by atoms with Crippen molar-refractivity contribution in [3.05, 3.63) is 54.6 Å². The Morgan fingerprint density at radius 2 is 1.88 bits per heavy atom. The number of aliphatic hydroxyl groups is 1. The predicted molar refractivity (Wildman–Crippen MR) is 94.9 cm³/mol. The van der Waals surface area contributed by atoms with Gasteiger partial charge in [0.15, 0.2) is 0 Å². The summed E-state index contributed by atoms with van der Waals surface area (Å²) in [5.41, 5.74) is 3.06. The van der Waals surface area contributed by atoms with Gasteiger partial charge in [0.1, 0.15) is 11.9 Å². The van der Waals surface area contributed by atoms with Crippen molar-refractivity contribution in [2.75, 3.05) is 0 Å². The molecule has 1 aromatic heterocycles. The summed E-state index contributed by atoms with van der Waals surface area (Å²) in [7, 11) is 0. The van der Waals surface area contributed by atoms with Gasteiger partial charge in [-0.3, -0.25) is 4.79 Å². The average Bonchev–Trinajstić information content (AvgIpc) is 2.98. The lowest BCUT2D eigenvalue weighted by molar-refractivity contribution is -0.160. The summed E-state index contributed by atoms with van der Waals surface area (Å²) in [5.74, 6) is 0.590. The molecule has 1 N–H and O–H groups in total. The van der Waals surface area contributed by atoms with E-state index in [4.69, 9.17) is 9.72 Å². The number of cyclic esters (lactones) is 1. The molecule has 5 nitrogen and oxygen atoms in total. The van der Waals surface area contributed by atoms with Gasteiger partial charge >= 0.3 is 5.97 Å². The van der Waals surface area contributed by atoms with Gasteiger partial charge in [0, 0.05) is 24.9 Å². The lowest BCUT2D eigenvalue weighted by Crippen LogP contribution is -2.33. The van der Waals surface area contributed by atoms with Crippen molar-refractivity contribution >= 4 is 17.0 Å². The zero-order chi connectivity index (χ0) is 17.2. The maximum atomic E-state index is 11.5. The fourth-order valence-electron chi connectivity index (χ4n) is 3.42. The minimum absolute atomic E-state index is 0.0970. The highest BCUT2D eigenvalue weighted by atomic mass is 16.5. The monoisotopic (exact) mass is 336 g/mol. The number of imidazole rings is 1. The van der Waals surface area contributed by atoms with Crippen LogP contribution < -0.4 is 0 Å². The molecular weight excluding hydrogens is 316 g/mol. The quantitative estimate of drug-likeness (QED) is 0.743. The third-order valence-corrected chi connectivity index (χ3v) is 4.60. The number of aromatic nitrogens is 2. The van der Waals surface area contributed by atoms with Crippen molar-refractivity contribution in [3.8, 4) is 11.4 Å². The highest BCUT2D eigenvalue weighted by molar-refractivity contribution is 5.80. The van der Waals surface area contributed by atoms with Crippen LogP contribution in [0, 0.1) is 0 Å². The molecule has 1 fully saturated rings. The number of aryl methyl sites for hydroxylation is 1. The van der Waals surface area contributed by atoms with Crippen LogP contribution in [0.15, 0.2) is 54.6 Å². The molecule has 25 heavy (non-hydrogen) atoms. The molecule has 1 saturated heterocycles. The molecule has 4 rings (SSSR count). The highest BCUT2D eigenvalue weighted by Crippen LogP contribution is 2.26. The van der Waals surface area contributed by atoms with E-state index < -0.39 is 6.10 Å². The van der Waals surface area contributed by atoms with Crippen molar-refractivity contribution in [2.45, 2.75) is 38.0 Å². The molecule has 1 aliphatic heterocycles. The van der Waals surface area contributed by atoms with Crippen LogP contribution >= 0.6 is 0 Å². The summed E-state index contributed by atoms with van der Waals surface area (Å²) in [6.07, 6.45) is 0.405. The molecule has 2 heterocycles. The zero-order valence-corrected chi connectivity index (χ0v) is 13.8. The number of para-hydroxylation sites is 2. The van der Waals surface area contributed by atoms with Crippen LogP contribution in [0.3, 0.4) is 0 Å². The number of rotatable bonds is 4. The second kappa shape index (κ2) is 6.69. The molecule has 0 unspecified atom stereocenters. The summed E-state index contributed by atoms with van der Waals surface area (Å²) in [5, 5.41) is 9.79. The fourth-order valence-corrected chi connectivity index (χ4v) is 3.42. The van der Waals surface area contributed by atoms with Gasteiger partial charge in [-0.05, 0) is 12.1 Å². The van der Waals surface area contributed by atoms with Gasteiger partial charge in [0.2, 0.25) is 0 Å². The first-order valence-corrected chi connectivity index (χ1v) is 8.59. The average molecular weight is 336 g/mol. The van der Waals surface area contributed by atoms with Gasteiger partial charge in [0.05, 0.1) is 23.6 Å². The number of aliphatic hydroxyl groups excluding tert-OH is 1. The fraction of sp³-hybridized carbons (Fsp3) is 0.300. The van der Waals surface area contributed by atoms with Gasteiger partial charge in [-0.25, -0.2) is 4.98 Å². The Labute approximate surface area is 145 Å². The SMILES string of the molecule is O=C1C[C@H](O)C[C@@H](CCn2c(-c3ccccc3)nc3ccccc32)O1. The number of carbonyl (C=O) groups is 1. The molecule has 128 valence electrons. The van der Waals surface area contributed by atoms with Crippen LogP contribution in [0.2, 0.25) is 0 Å². The molecule has 3 aromatic rings. The summed E-state index contributed by atoms with van der Waals surface area (Å²) in [4.78, 5) is 16.3. The normalized spacial score (nSPS) is 20.6. The van der Waals surface area contributed by atoms with Crippen molar-refractivity contribution < 1.29 is 14.6 Å². The number of fused-ring (bicyclic) bond motifs is 1. The highest BCUT2D eigenvalue weighted by Gasteiger charge is 2.27. The molecule has 0 saturated carbocycles. The Morgan fingerprint density at radius 3 is 2.68 bits per heavy atom. The maximum Gasteiger partial charge on any atom is 0.308 e. The number of nitrogens with zero attached hydrogens (tertiary/aromatic N) is 2.